The first-order chi connectivity index (χ1) is 14.0. The minimum Gasteiger partial charge on any atom is -0.389 e. The fraction of sp³-hybridized carbons (Fsp3) is 0.318. The first kappa shape index (κ1) is 19.1. The number of nitrogens with zero attached hydrogens (tertiary/aromatic N) is 4. The van der Waals surface area contributed by atoms with Gasteiger partial charge in [0.1, 0.15) is 6.54 Å². The van der Waals surface area contributed by atoms with E-state index in [1.165, 1.54) is 4.90 Å². The summed E-state index contributed by atoms with van der Waals surface area (Å²) in [6.07, 6.45) is -0.0888. The quantitative estimate of drug-likeness (QED) is 0.729. The van der Waals surface area contributed by atoms with Gasteiger partial charge in [-0.15, -0.1) is 0 Å². The Hall–Kier alpha value is -3.19. The van der Waals surface area contributed by atoms with Crippen LogP contribution < -0.4 is 0 Å². The third-order valence-electron chi connectivity index (χ3n) is 5.30. The number of rotatable bonds is 4. The lowest BCUT2D eigenvalue weighted by Crippen LogP contribution is -2.40. The van der Waals surface area contributed by atoms with Crippen LogP contribution in [0.15, 0.2) is 54.6 Å². The first-order valence-electron chi connectivity index (χ1n) is 9.73. The number of hydrogen-bond donors (Lipinski definition) is 1. The van der Waals surface area contributed by atoms with Gasteiger partial charge in [-0.2, -0.15) is 5.10 Å². The Bertz CT molecular complexity index is 1030. The average molecular weight is 392 g/mol. The van der Waals surface area contributed by atoms with Gasteiger partial charge in [0.15, 0.2) is 5.69 Å². The molecular formula is C22H24N4O3. The number of para-hydroxylation sites is 1. The molecule has 2 aromatic carbocycles. The Morgan fingerprint density at radius 2 is 1.83 bits per heavy atom. The summed E-state index contributed by atoms with van der Waals surface area (Å²) in [7, 11) is 1.78. The highest BCUT2D eigenvalue weighted by Crippen LogP contribution is 2.20. The zero-order valence-corrected chi connectivity index (χ0v) is 16.4. The van der Waals surface area contributed by atoms with Gasteiger partial charge in [0.25, 0.3) is 5.91 Å². The maximum atomic E-state index is 13.1. The molecule has 3 aromatic rings. The Kier molecular flexibility index (Phi) is 5.31. The SMILES string of the molecule is Cn1nc(C(=O)N2CC(=O)N(CCc3ccccc3)CC(O)C2)c2ccccc21. The van der Waals surface area contributed by atoms with Crippen molar-refractivity contribution in [1.29, 1.82) is 0 Å². The summed E-state index contributed by atoms with van der Waals surface area (Å²) in [5.41, 5.74) is 2.29. The molecule has 0 saturated carbocycles. The van der Waals surface area contributed by atoms with E-state index in [1.54, 1.807) is 16.6 Å². The summed E-state index contributed by atoms with van der Waals surface area (Å²) >= 11 is 0. The Labute approximate surface area is 169 Å². The van der Waals surface area contributed by atoms with Crippen LogP contribution in [-0.2, 0) is 18.3 Å². The molecule has 2 heterocycles. The van der Waals surface area contributed by atoms with E-state index in [2.05, 4.69) is 5.10 Å². The minimum absolute atomic E-state index is 0.0599. The highest BCUT2D eigenvalue weighted by atomic mass is 16.3. The van der Waals surface area contributed by atoms with Crippen LogP contribution in [0.2, 0.25) is 0 Å². The van der Waals surface area contributed by atoms with Crippen molar-refractivity contribution in [2.24, 2.45) is 7.05 Å². The monoisotopic (exact) mass is 392 g/mol. The minimum atomic E-state index is -0.795. The molecule has 1 aliphatic heterocycles. The third-order valence-corrected chi connectivity index (χ3v) is 5.30. The molecule has 2 amide bonds. The van der Waals surface area contributed by atoms with E-state index in [-0.39, 0.29) is 31.4 Å². The molecular weight excluding hydrogens is 368 g/mol. The van der Waals surface area contributed by atoms with Gasteiger partial charge in [0.2, 0.25) is 5.91 Å². The predicted octanol–water partition coefficient (Wildman–Crippen LogP) is 1.46. The van der Waals surface area contributed by atoms with Crippen molar-refractivity contribution in [2.45, 2.75) is 12.5 Å². The van der Waals surface area contributed by atoms with Crippen molar-refractivity contribution in [3.63, 3.8) is 0 Å². The van der Waals surface area contributed by atoms with E-state index in [0.29, 0.717) is 18.7 Å². The zero-order chi connectivity index (χ0) is 20.4. The van der Waals surface area contributed by atoms with E-state index in [1.807, 2.05) is 54.6 Å². The summed E-state index contributed by atoms with van der Waals surface area (Å²) in [5.74, 6) is -0.495. The molecule has 4 rings (SSSR count). The second-order valence-electron chi connectivity index (χ2n) is 7.40. The number of aliphatic hydroxyl groups is 1. The van der Waals surface area contributed by atoms with Crippen LogP contribution in [0, 0.1) is 0 Å². The van der Waals surface area contributed by atoms with Crippen LogP contribution in [0.1, 0.15) is 16.1 Å². The number of benzene rings is 2. The number of aromatic nitrogens is 2. The molecule has 1 unspecified atom stereocenters. The lowest BCUT2D eigenvalue weighted by atomic mass is 10.1. The Morgan fingerprint density at radius 1 is 1.10 bits per heavy atom. The van der Waals surface area contributed by atoms with Crippen molar-refractivity contribution < 1.29 is 14.7 Å². The van der Waals surface area contributed by atoms with Gasteiger partial charge in [-0.05, 0) is 18.1 Å². The molecule has 1 atom stereocenters. The van der Waals surface area contributed by atoms with E-state index >= 15 is 0 Å². The normalized spacial score (nSPS) is 17.6. The summed E-state index contributed by atoms with van der Waals surface area (Å²) in [6, 6.07) is 17.4. The summed E-state index contributed by atoms with van der Waals surface area (Å²) in [6.45, 7) is 0.778. The number of fused-ring (bicyclic) bond motifs is 1. The second kappa shape index (κ2) is 8.05. The van der Waals surface area contributed by atoms with Gasteiger partial charge in [0.05, 0.1) is 11.6 Å². The molecule has 0 bridgehead atoms. The standard InChI is InChI=1S/C22H24N4O3/c1-24-19-10-6-5-9-18(19)21(23-24)22(29)26-14-17(27)13-25(20(28)15-26)12-11-16-7-3-2-4-8-16/h2-10,17,27H,11-15H2,1H3. The van der Waals surface area contributed by atoms with Crippen LogP contribution in [0.5, 0.6) is 0 Å². The third kappa shape index (κ3) is 4.00. The molecule has 0 radical (unpaired) electrons. The Morgan fingerprint density at radius 3 is 2.62 bits per heavy atom. The van der Waals surface area contributed by atoms with Crippen molar-refractivity contribution in [1.82, 2.24) is 19.6 Å². The van der Waals surface area contributed by atoms with Gasteiger partial charge in [-0.3, -0.25) is 14.3 Å². The van der Waals surface area contributed by atoms with Gasteiger partial charge >= 0.3 is 0 Å². The fourth-order valence-electron chi connectivity index (χ4n) is 3.80. The average Bonchev–Trinajstić information content (AvgIpc) is 2.99. The molecule has 7 heteroatoms. The maximum absolute atomic E-state index is 13.1. The van der Waals surface area contributed by atoms with Crippen molar-refractivity contribution in [3.8, 4) is 0 Å². The highest BCUT2D eigenvalue weighted by molar-refractivity contribution is 6.05. The summed E-state index contributed by atoms with van der Waals surface area (Å²) < 4.78 is 1.66. The number of β-amino-alcohol motifs (C(OH)–C–C–N with tert-alkyl or cyclic N) is 1. The number of aliphatic hydroxyl groups excluding tert-OH is 1. The van der Waals surface area contributed by atoms with Crippen molar-refractivity contribution in [3.05, 3.63) is 65.9 Å². The number of carbonyl (C=O) groups excluding carboxylic acids is 2. The molecule has 1 saturated heterocycles. The molecule has 1 aliphatic rings. The van der Waals surface area contributed by atoms with Crippen LogP contribution in [0.25, 0.3) is 10.9 Å². The summed E-state index contributed by atoms with van der Waals surface area (Å²) in [4.78, 5) is 29.0. The predicted molar refractivity (Wildman–Crippen MR) is 109 cm³/mol. The molecule has 1 fully saturated rings. The van der Waals surface area contributed by atoms with Crippen LogP contribution in [0.3, 0.4) is 0 Å². The van der Waals surface area contributed by atoms with E-state index in [4.69, 9.17) is 0 Å². The number of hydrogen-bond acceptors (Lipinski definition) is 4. The number of aryl methyl sites for hydroxylation is 1. The summed E-state index contributed by atoms with van der Waals surface area (Å²) in [5, 5.41) is 15.5. The molecule has 1 N–H and O–H groups in total. The molecule has 29 heavy (non-hydrogen) atoms. The highest BCUT2D eigenvalue weighted by Gasteiger charge is 2.31. The number of amides is 2. The number of carbonyl (C=O) groups is 2. The fourth-order valence-corrected chi connectivity index (χ4v) is 3.80. The van der Waals surface area contributed by atoms with Gasteiger partial charge in [-0.25, -0.2) is 0 Å². The van der Waals surface area contributed by atoms with Crippen molar-refractivity contribution >= 4 is 22.7 Å². The smallest absolute Gasteiger partial charge is 0.275 e. The molecule has 0 aliphatic carbocycles. The van der Waals surface area contributed by atoms with Gasteiger partial charge in [-0.1, -0.05) is 48.5 Å². The molecule has 1 aromatic heterocycles. The lowest BCUT2D eigenvalue weighted by molar-refractivity contribution is -0.131. The first-order valence-corrected chi connectivity index (χ1v) is 9.73. The van der Waals surface area contributed by atoms with E-state index < -0.39 is 6.10 Å². The van der Waals surface area contributed by atoms with E-state index in [0.717, 1.165) is 16.5 Å². The molecule has 150 valence electrons. The van der Waals surface area contributed by atoms with Crippen molar-refractivity contribution in [2.75, 3.05) is 26.2 Å². The van der Waals surface area contributed by atoms with E-state index in [9.17, 15) is 14.7 Å². The second-order valence-corrected chi connectivity index (χ2v) is 7.40. The molecule has 7 nitrogen and oxygen atoms in total. The zero-order valence-electron chi connectivity index (χ0n) is 16.4. The van der Waals surface area contributed by atoms with Crippen LogP contribution >= 0.6 is 0 Å². The van der Waals surface area contributed by atoms with Crippen LogP contribution in [-0.4, -0.2) is 68.8 Å². The topological polar surface area (TPSA) is 78.7 Å². The van der Waals surface area contributed by atoms with Gasteiger partial charge in [0, 0.05) is 32.1 Å². The maximum Gasteiger partial charge on any atom is 0.275 e. The van der Waals surface area contributed by atoms with Crippen LogP contribution in [0.4, 0.5) is 0 Å². The molecule has 0 spiro atoms. The van der Waals surface area contributed by atoms with Gasteiger partial charge < -0.3 is 14.9 Å². The lowest BCUT2D eigenvalue weighted by Gasteiger charge is -2.21. The Balaban J connectivity index is 1.50. The largest absolute Gasteiger partial charge is 0.389 e.